The first-order valence-electron chi connectivity index (χ1n) is 3.62. The Morgan fingerprint density at radius 1 is 1.55 bits per heavy atom. The molecule has 1 atom stereocenters. The maximum atomic E-state index is 10.6. The van der Waals surface area contributed by atoms with Crippen molar-refractivity contribution in [2.45, 2.75) is 19.4 Å². The number of rotatable bonds is 6. The van der Waals surface area contributed by atoms with Crippen LogP contribution < -0.4 is 5.73 Å². The van der Waals surface area contributed by atoms with Gasteiger partial charge in [-0.25, -0.2) is 0 Å². The molecule has 1 amide bonds. The van der Waals surface area contributed by atoms with Crippen molar-refractivity contribution >= 4 is 5.91 Å². The summed E-state index contributed by atoms with van der Waals surface area (Å²) in [5.41, 5.74) is 5.02. The summed E-state index contributed by atoms with van der Waals surface area (Å²) in [6.45, 7) is 2.75. The minimum atomic E-state index is -0.467. The van der Waals surface area contributed by atoms with Crippen LogP contribution in [0.2, 0.25) is 0 Å². The van der Waals surface area contributed by atoms with Gasteiger partial charge in [0.25, 0.3) is 0 Å². The van der Waals surface area contributed by atoms with Gasteiger partial charge < -0.3 is 15.2 Å². The molecule has 0 aliphatic heterocycles. The van der Waals surface area contributed by atoms with Crippen molar-refractivity contribution in [1.29, 1.82) is 0 Å². The molecule has 0 saturated carbocycles. The Morgan fingerprint density at radius 2 is 2.18 bits per heavy atom. The molecule has 11 heavy (non-hydrogen) atoms. The third-order valence-electron chi connectivity index (χ3n) is 1.29. The predicted octanol–water partition coefficient (Wildman–Crippen LogP) is -0.0867. The number of carbonyl (C=O) groups excluding carboxylic acids is 1. The molecule has 0 aromatic heterocycles. The molecular formula is C7H15NO3. The van der Waals surface area contributed by atoms with Crippen LogP contribution in [-0.4, -0.2) is 32.3 Å². The van der Waals surface area contributed by atoms with Crippen LogP contribution in [0.3, 0.4) is 0 Å². The molecular weight excluding hydrogens is 146 g/mol. The number of methoxy groups -OCH3 is 1. The second kappa shape index (κ2) is 6.12. The van der Waals surface area contributed by atoms with E-state index in [1.54, 1.807) is 7.11 Å². The second-order valence-corrected chi connectivity index (χ2v) is 2.16. The van der Waals surface area contributed by atoms with E-state index in [0.29, 0.717) is 19.6 Å². The molecule has 0 rings (SSSR count). The molecule has 0 saturated heterocycles. The first-order chi connectivity index (χ1) is 5.22. The number of carbonyl (C=O) groups is 1. The summed E-state index contributed by atoms with van der Waals surface area (Å²) in [7, 11) is 1.58. The van der Waals surface area contributed by atoms with E-state index in [0.717, 1.165) is 0 Å². The smallest absolute Gasteiger partial charge is 0.246 e. The standard InChI is InChI=1S/C7H15NO3/c1-3-6(7(8)9)11-5-4-10-2/h6H,3-5H2,1-2H3,(H2,8,9). The zero-order valence-electron chi connectivity index (χ0n) is 7.00. The van der Waals surface area contributed by atoms with Gasteiger partial charge in [-0.05, 0) is 6.42 Å². The van der Waals surface area contributed by atoms with Crippen molar-refractivity contribution in [3.8, 4) is 0 Å². The van der Waals surface area contributed by atoms with Crippen molar-refractivity contribution in [1.82, 2.24) is 0 Å². The van der Waals surface area contributed by atoms with Gasteiger partial charge >= 0.3 is 0 Å². The van der Waals surface area contributed by atoms with Crippen LogP contribution in [0.25, 0.3) is 0 Å². The highest BCUT2D eigenvalue weighted by Gasteiger charge is 2.11. The number of ether oxygens (including phenoxy) is 2. The summed E-state index contributed by atoms with van der Waals surface area (Å²) in [4.78, 5) is 10.6. The van der Waals surface area contributed by atoms with Gasteiger partial charge in [-0.1, -0.05) is 6.92 Å². The SMILES string of the molecule is CCC(OCCOC)C(N)=O. The Hall–Kier alpha value is -0.610. The van der Waals surface area contributed by atoms with Crippen molar-refractivity contribution in [2.24, 2.45) is 5.73 Å². The number of amides is 1. The Morgan fingerprint density at radius 3 is 2.55 bits per heavy atom. The summed E-state index contributed by atoms with van der Waals surface area (Å²) in [5, 5.41) is 0. The van der Waals surface area contributed by atoms with Crippen LogP contribution in [0.1, 0.15) is 13.3 Å². The van der Waals surface area contributed by atoms with E-state index in [2.05, 4.69) is 0 Å². The average molecular weight is 161 g/mol. The first kappa shape index (κ1) is 10.4. The second-order valence-electron chi connectivity index (χ2n) is 2.16. The lowest BCUT2D eigenvalue weighted by molar-refractivity contribution is -0.130. The fourth-order valence-corrected chi connectivity index (χ4v) is 0.675. The van der Waals surface area contributed by atoms with E-state index < -0.39 is 12.0 Å². The maximum absolute atomic E-state index is 10.6. The monoisotopic (exact) mass is 161 g/mol. The van der Waals surface area contributed by atoms with Crippen LogP contribution in [0, 0.1) is 0 Å². The topological polar surface area (TPSA) is 61.6 Å². The Bertz CT molecular complexity index is 116. The minimum absolute atomic E-state index is 0.413. The molecule has 0 fully saturated rings. The Balaban J connectivity index is 3.44. The van der Waals surface area contributed by atoms with E-state index >= 15 is 0 Å². The van der Waals surface area contributed by atoms with Gasteiger partial charge in [0.1, 0.15) is 6.10 Å². The number of nitrogens with two attached hydrogens (primary N) is 1. The van der Waals surface area contributed by atoms with Crippen LogP contribution in [-0.2, 0) is 14.3 Å². The molecule has 0 bridgehead atoms. The van der Waals surface area contributed by atoms with E-state index in [1.165, 1.54) is 0 Å². The summed E-state index contributed by atoms with van der Waals surface area (Å²) < 4.78 is 9.83. The molecule has 0 aromatic rings. The van der Waals surface area contributed by atoms with E-state index in [9.17, 15) is 4.79 Å². The highest BCUT2D eigenvalue weighted by molar-refractivity contribution is 5.78. The van der Waals surface area contributed by atoms with Gasteiger partial charge in [-0.15, -0.1) is 0 Å². The number of hydrogen-bond donors (Lipinski definition) is 1. The van der Waals surface area contributed by atoms with Gasteiger partial charge in [0, 0.05) is 7.11 Å². The lowest BCUT2D eigenvalue weighted by atomic mass is 10.3. The average Bonchev–Trinajstić information content (AvgIpc) is 1.97. The molecule has 0 aromatic carbocycles. The Kier molecular flexibility index (Phi) is 5.78. The summed E-state index contributed by atoms with van der Waals surface area (Å²) in [6, 6.07) is 0. The van der Waals surface area contributed by atoms with Crippen LogP contribution >= 0.6 is 0 Å². The number of primary amides is 1. The lowest BCUT2D eigenvalue weighted by Crippen LogP contribution is -2.31. The minimum Gasteiger partial charge on any atom is -0.382 e. The molecule has 2 N–H and O–H groups in total. The van der Waals surface area contributed by atoms with Crippen LogP contribution in [0.15, 0.2) is 0 Å². The third-order valence-corrected chi connectivity index (χ3v) is 1.29. The molecule has 4 heteroatoms. The molecule has 4 nitrogen and oxygen atoms in total. The van der Waals surface area contributed by atoms with Crippen molar-refractivity contribution in [2.75, 3.05) is 20.3 Å². The molecule has 0 aliphatic rings. The molecule has 0 spiro atoms. The summed E-state index contributed by atoms with van der Waals surface area (Å²) >= 11 is 0. The lowest BCUT2D eigenvalue weighted by Gasteiger charge is -2.11. The largest absolute Gasteiger partial charge is 0.382 e. The van der Waals surface area contributed by atoms with Gasteiger partial charge in [-0.3, -0.25) is 4.79 Å². The maximum Gasteiger partial charge on any atom is 0.246 e. The highest BCUT2D eigenvalue weighted by atomic mass is 16.5. The number of hydrogen-bond acceptors (Lipinski definition) is 3. The Labute approximate surface area is 66.7 Å². The molecule has 0 heterocycles. The van der Waals surface area contributed by atoms with Gasteiger partial charge in [0.05, 0.1) is 13.2 Å². The van der Waals surface area contributed by atoms with Crippen molar-refractivity contribution in [3.63, 3.8) is 0 Å². The van der Waals surface area contributed by atoms with Gasteiger partial charge in [-0.2, -0.15) is 0 Å². The van der Waals surface area contributed by atoms with E-state index in [-0.39, 0.29) is 0 Å². The van der Waals surface area contributed by atoms with Crippen LogP contribution in [0.5, 0.6) is 0 Å². The predicted molar refractivity (Wildman–Crippen MR) is 41.1 cm³/mol. The van der Waals surface area contributed by atoms with Gasteiger partial charge in [0.2, 0.25) is 5.91 Å². The van der Waals surface area contributed by atoms with E-state index in [1.807, 2.05) is 6.92 Å². The third kappa shape index (κ3) is 4.75. The zero-order valence-corrected chi connectivity index (χ0v) is 7.00. The van der Waals surface area contributed by atoms with Crippen LogP contribution in [0.4, 0.5) is 0 Å². The van der Waals surface area contributed by atoms with Crippen molar-refractivity contribution in [3.05, 3.63) is 0 Å². The molecule has 0 aliphatic carbocycles. The normalized spacial score (nSPS) is 12.9. The molecule has 1 unspecified atom stereocenters. The van der Waals surface area contributed by atoms with Gasteiger partial charge in [0.15, 0.2) is 0 Å². The summed E-state index contributed by atoms with van der Waals surface area (Å²) in [5.74, 6) is -0.413. The van der Waals surface area contributed by atoms with Crippen molar-refractivity contribution < 1.29 is 14.3 Å². The quantitative estimate of drug-likeness (QED) is 0.554. The fraction of sp³-hybridized carbons (Fsp3) is 0.857. The zero-order chi connectivity index (χ0) is 8.69. The highest BCUT2D eigenvalue weighted by Crippen LogP contribution is 1.95. The summed E-state index contributed by atoms with van der Waals surface area (Å²) in [6.07, 6.45) is 0.143. The first-order valence-corrected chi connectivity index (χ1v) is 3.62. The van der Waals surface area contributed by atoms with E-state index in [4.69, 9.17) is 15.2 Å². The molecule has 0 radical (unpaired) electrons. The molecule has 66 valence electrons. The fourth-order valence-electron chi connectivity index (χ4n) is 0.675.